The smallest absolute Gasteiger partial charge is 0.319 e. The Kier molecular flexibility index (Phi) is 3.53. The highest BCUT2D eigenvalue weighted by atomic mass is 19.3. The maximum atomic E-state index is 12.8. The van der Waals surface area contributed by atoms with Gasteiger partial charge in [-0.15, -0.1) is 0 Å². The summed E-state index contributed by atoms with van der Waals surface area (Å²) < 4.78 is 49.5. The molecule has 0 aromatic rings. The van der Waals surface area contributed by atoms with Gasteiger partial charge in [-0.25, -0.2) is 8.78 Å². The molecule has 0 saturated carbocycles. The van der Waals surface area contributed by atoms with Crippen molar-refractivity contribution >= 4 is 0 Å². The monoisotopic (exact) mass is 211 g/mol. The zero-order valence-electron chi connectivity index (χ0n) is 7.65. The van der Waals surface area contributed by atoms with Crippen LogP contribution in [0, 0.1) is 0 Å². The molecule has 1 nitrogen and oxygen atoms in total. The Morgan fingerprint density at radius 2 is 1.93 bits per heavy atom. The molecule has 0 aromatic heterocycles. The Labute approximate surface area is 80.0 Å². The first kappa shape index (κ1) is 11.5. The van der Waals surface area contributed by atoms with Crippen LogP contribution in [-0.2, 0) is 0 Å². The summed E-state index contributed by atoms with van der Waals surface area (Å²) in [6, 6.07) is -1.83. The normalized spacial score (nSPS) is 20.9. The molecule has 0 heterocycles. The number of nitrogens with two attached hydrogens (primary N) is 1. The van der Waals surface area contributed by atoms with Crippen molar-refractivity contribution < 1.29 is 17.6 Å². The van der Waals surface area contributed by atoms with Crippen molar-refractivity contribution in [2.24, 2.45) is 5.73 Å². The molecular weight excluding hydrogens is 198 g/mol. The molecule has 14 heavy (non-hydrogen) atoms. The lowest BCUT2D eigenvalue weighted by Crippen LogP contribution is -2.47. The molecule has 0 spiro atoms. The molecule has 1 atom stereocenters. The minimum absolute atomic E-state index is 0.265. The average molecular weight is 211 g/mol. The third-order valence-electron chi connectivity index (χ3n) is 2.43. The number of alkyl halides is 4. The van der Waals surface area contributed by atoms with Gasteiger partial charge in [-0.1, -0.05) is 11.6 Å². The summed E-state index contributed by atoms with van der Waals surface area (Å²) >= 11 is 0. The highest BCUT2D eigenvalue weighted by Gasteiger charge is 2.48. The van der Waals surface area contributed by atoms with E-state index < -0.39 is 18.4 Å². The summed E-state index contributed by atoms with van der Waals surface area (Å²) in [6.07, 6.45) is 0.589. The molecule has 0 bridgehead atoms. The molecule has 0 saturated heterocycles. The van der Waals surface area contributed by atoms with Crippen molar-refractivity contribution in [3.63, 3.8) is 0 Å². The van der Waals surface area contributed by atoms with Crippen LogP contribution in [-0.4, -0.2) is 18.4 Å². The summed E-state index contributed by atoms with van der Waals surface area (Å²) in [7, 11) is 0. The number of hydrogen-bond acceptors (Lipinski definition) is 1. The standard InChI is InChI=1S/C9H13F4N/c10-8(11)9(12,13)7(14)6-4-2-1-3-5-6/h4,7-8H,1-3,5,14H2. The summed E-state index contributed by atoms with van der Waals surface area (Å²) in [5, 5.41) is 0. The van der Waals surface area contributed by atoms with E-state index >= 15 is 0 Å². The highest BCUT2D eigenvalue weighted by molar-refractivity contribution is 5.16. The van der Waals surface area contributed by atoms with E-state index in [1.165, 1.54) is 0 Å². The van der Waals surface area contributed by atoms with Crippen LogP contribution >= 0.6 is 0 Å². The Hall–Kier alpha value is -0.580. The minimum atomic E-state index is -4.11. The maximum absolute atomic E-state index is 12.8. The van der Waals surface area contributed by atoms with E-state index in [2.05, 4.69) is 0 Å². The fourth-order valence-electron chi connectivity index (χ4n) is 1.53. The second-order valence-corrected chi connectivity index (χ2v) is 3.48. The van der Waals surface area contributed by atoms with Crippen LogP contribution in [0.2, 0.25) is 0 Å². The predicted molar refractivity (Wildman–Crippen MR) is 45.5 cm³/mol. The van der Waals surface area contributed by atoms with E-state index in [0.717, 1.165) is 12.8 Å². The molecule has 1 aliphatic rings. The second kappa shape index (κ2) is 4.29. The zero-order chi connectivity index (χ0) is 10.8. The molecule has 0 radical (unpaired) electrons. The maximum Gasteiger partial charge on any atom is 0.325 e. The third kappa shape index (κ3) is 2.26. The molecule has 1 unspecified atom stereocenters. The van der Waals surface area contributed by atoms with Crippen LogP contribution in [0.25, 0.3) is 0 Å². The van der Waals surface area contributed by atoms with Crippen molar-refractivity contribution in [2.75, 3.05) is 0 Å². The molecule has 82 valence electrons. The molecule has 0 aromatic carbocycles. The highest BCUT2D eigenvalue weighted by Crippen LogP contribution is 2.32. The largest absolute Gasteiger partial charge is 0.325 e. The summed E-state index contributed by atoms with van der Waals surface area (Å²) in [5.74, 6) is -4.11. The lowest BCUT2D eigenvalue weighted by atomic mass is 9.91. The Morgan fingerprint density at radius 3 is 2.36 bits per heavy atom. The van der Waals surface area contributed by atoms with E-state index in [4.69, 9.17) is 5.73 Å². The predicted octanol–water partition coefficient (Wildman–Crippen LogP) is 2.71. The number of allylic oxidation sites excluding steroid dienone is 1. The van der Waals surface area contributed by atoms with Crippen molar-refractivity contribution in [1.29, 1.82) is 0 Å². The SMILES string of the molecule is NC(C1=CCCCC1)C(F)(F)C(F)F. The number of rotatable bonds is 3. The van der Waals surface area contributed by atoms with Gasteiger partial charge in [0, 0.05) is 0 Å². The van der Waals surface area contributed by atoms with Gasteiger partial charge >= 0.3 is 12.3 Å². The molecular formula is C9H13F4N. The minimum Gasteiger partial charge on any atom is -0.319 e. The van der Waals surface area contributed by atoms with E-state index in [-0.39, 0.29) is 5.57 Å². The van der Waals surface area contributed by atoms with Crippen LogP contribution in [0.4, 0.5) is 17.6 Å². The zero-order valence-corrected chi connectivity index (χ0v) is 7.65. The molecule has 1 rings (SSSR count). The van der Waals surface area contributed by atoms with Gasteiger partial charge < -0.3 is 5.73 Å². The van der Waals surface area contributed by atoms with Gasteiger partial charge in [-0.05, 0) is 25.7 Å². The Morgan fingerprint density at radius 1 is 1.29 bits per heavy atom. The van der Waals surface area contributed by atoms with Crippen molar-refractivity contribution in [3.8, 4) is 0 Å². The first-order valence-corrected chi connectivity index (χ1v) is 4.56. The van der Waals surface area contributed by atoms with Gasteiger partial charge in [0.05, 0.1) is 6.04 Å². The van der Waals surface area contributed by atoms with Crippen LogP contribution in [0.3, 0.4) is 0 Å². The van der Waals surface area contributed by atoms with Gasteiger partial charge in [-0.3, -0.25) is 0 Å². The quantitative estimate of drug-likeness (QED) is 0.563. The van der Waals surface area contributed by atoms with Crippen LogP contribution < -0.4 is 5.73 Å². The summed E-state index contributed by atoms with van der Waals surface area (Å²) in [5.41, 5.74) is 5.39. The Balaban J connectivity index is 2.72. The first-order chi connectivity index (χ1) is 6.46. The lowest BCUT2D eigenvalue weighted by Gasteiger charge is -2.26. The number of halogens is 4. The Bertz CT molecular complexity index is 225. The van der Waals surface area contributed by atoms with Crippen LogP contribution in [0.15, 0.2) is 11.6 Å². The fraction of sp³-hybridized carbons (Fsp3) is 0.778. The topological polar surface area (TPSA) is 26.0 Å². The van der Waals surface area contributed by atoms with Gasteiger partial charge in [-0.2, -0.15) is 8.78 Å². The second-order valence-electron chi connectivity index (χ2n) is 3.48. The molecule has 2 N–H and O–H groups in total. The molecule has 5 heteroatoms. The van der Waals surface area contributed by atoms with Crippen molar-refractivity contribution in [2.45, 2.75) is 44.1 Å². The first-order valence-electron chi connectivity index (χ1n) is 4.56. The van der Waals surface area contributed by atoms with Crippen molar-refractivity contribution in [1.82, 2.24) is 0 Å². The number of hydrogen-bond donors (Lipinski definition) is 1. The van der Waals surface area contributed by atoms with Gasteiger partial charge in [0.25, 0.3) is 0 Å². The van der Waals surface area contributed by atoms with Crippen LogP contribution in [0.1, 0.15) is 25.7 Å². The van der Waals surface area contributed by atoms with Gasteiger partial charge in [0.1, 0.15) is 0 Å². The molecule has 0 aliphatic heterocycles. The lowest BCUT2D eigenvalue weighted by molar-refractivity contribution is -0.137. The third-order valence-corrected chi connectivity index (χ3v) is 2.43. The van der Waals surface area contributed by atoms with Gasteiger partial charge in [0.15, 0.2) is 0 Å². The molecule has 0 amide bonds. The van der Waals surface area contributed by atoms with Gasteiger partial charge in [0.2, 0.25) is 0 Å². The van der Waals surface area contributed by atoms with Crippen LogP contribution in [0.5, 0.6) is 0 Å². The van der Waals surface area contributed by atoms with E-state index in [9.17, 15) is 17.6 Å². The molecule has 0 fully saturated rings. The van der Waals surface area contributed by atoms with Crippen molar-refractivity contribution in [3.05, 3.63) is 11.6 Å². The molecule has 1 aliphatic carbocycles. The van der Waals surface area contributed by atoms with E-state index in [0.29, 0.717) is 12.8 Å². The summed E-state index contributed by atoms with van der Waals surface area (Å²) in [6.45, 7) is 0. The fourth-order valence-corrected chi connectivity index (χ4v) is 1.53. The van der Waals surface area contributed by atoms with E-state index in [1.807, 2.05) is 0 Å². The summed E-state index contributed by atoms with van der Waals surface area (Å²) in [4.78, 5) is 0. The van der Waals surface area contributed by atoms with E-state index in [1.54, 1.807) is 6.08 Å². The average Bonchev–Trinajstić information content (AvgIpc) is 2.17.